The molecule has 0 saturated carbocycles. The van der Waals surface area contributed by atoms with E-state index in [-0.39, 0.29) is 11.3 Å². The lowest BCUT2D eigenvalue weighted by Gasteiger charge is -2.06. The van der Waals surface area contributed by atoms with Gasteiger partial charge in [0.25, 0.3) is 0 Å². The molecule has 0 amide bonds. The van der Waals surface area contributed by atoms with Crippen LogP contribution in [0, 0.1) is 21.7 Å². The van der Waals surface area contributed by atoms with Crippen LogP contribution in [0.1, 0.15) is 10.4 Å². The first-order valence-corrected chi connectivity index (χ1v) is 5.83. The summed E-state index contributed by atoms with van der Waals surface area (Å²) < 4.78 is 31.3. The van der Waals surface area contributed by atoms with Crippen molar-refractivity contribution < 1.29 is 23.2 Å². The average Bonchev–Trinajstić information content (AvgIpc) is 2.46. The topological polar surface area (TPSA) is 69.4 Å². The van der Waals surface area contributed by atoms with Gasteiger partial charge < -0.3 is 4.74 Å². The fourth-order valence-electron chi connectivity index (χ4n) is 1.66. The molecule has 0 atom stereocenters. The molecule has 0 saturated heterocycles. The lowest BCUT2D eigenvalue weighted by molar-refractivity contribution is -0.386. The molecule has 0 radical (unpaired) electrons. The van der Waals surface area contributed by atoms with Crippen LogP contribution in [-0.2, 0) is 0 Å². The van der Waals surface area contributed by atoms with Gasteiger partial charge in [-0.15, -0.1) is 0 Å². The molecule has 0 aliphatic heterocycles. The molecule has 5 nitrogen and oxygen atoms in total. The van der Waals surface area contributed by atoms with Gasteiger partial charge in [-0.1, -0.05) is 12.1 Å². The molecule has 0 aliphatic rings. The number of rotatable bonds is 5. The molecule has 7 heteroatoms. The number of carbonyl (C=O) groups is 1. The van der Waals surface area contributed by atoms with Crippen LogP contribution >= 0.6 is 0 Å². The lowest BCUT2D eigenvalue weighted by atomic mass is 10.1. The SMILES string of the molecule is O=C(COc1ccc(F)cc1[N+](=O)[O-])c1ccccc1F. The second-order valence-electron chi connectivity index (χ2n) is 4.06. The van der Waals surface area contributed by atoms with Gasteiger partial charge in [0.15, 0.2) is 12.4 Å². The van der Waals surface area contributed by atoms with Gasteiger partial charge >= 0.3 is 5.69 Å². The van der Waals surface area contributed by atoms with Gasteiger partial charge in [0.1, 0.15) is 11.6 Å². The van der Waals surface area contributed by atoms with Gasteiger partial charge in [0, 0.05) is 0 Å². The van der Waals surface area contributed by atoms with Gasteiger partial charge in [0.05, 0.1) is 16.6 Å². The van der Waals surface area contributed by atoms with Crippen LogP contribution in [0.3, 0.4) is 0 Å². The van der Waals surface area contributed by atoms with E-state index in [2.05, 4.69) is 0 Å². The summed E-state index contributed by atoms with van der Waals surface area (Å²) in [5, 5.41) is 10.8. The molecule has 0 bridgehead atoms. The van der Waals surface area contributed by atoms with E-state index < -0.39 is 34.6 Å². The summed E-state index contributed by atoms with van der Waals surface area (Å²) in [7, 11) is 0. The first kappa shape index (κ1) is 14.6. The molecule has 2 aromatic carbocycles. The monoisotopic (exact) mass is 293 g/mol. The summed E-state index contributed by atoms with van der Waals surface area (Å²) in [6.45, 7) is -0.590. The Kier molecular flexibility index (Phi) is 4.22. The molecule has 0 aliphatic carbocycles. The standard InChI is InChI=1S/C14H9F2NO4/c15-9-5-6-14(12(7-9)17(19)20)21-8-13(18)10-3-1-2-4-11(10)16/h1-7H,8H2. The Balaban J connectivity index is 2.15. The Bertz CT molecular complexity index is 703. The molecule has 0 N–H and O–H groups in total. The Hall–Kier alpha value is -2.83. The molecular weight excluding hydrogens is 284 g/mol. The number of ether oxygens (including phenoxy) is 1. The van der Waals surface area contributed by atoms with Crippen LogP contribution in [0.5, 0.6) is 5.75 Å². The van der Waals surface area contributed by atoms with Crippen molar-refractivity contribution in [3.63, 3.8) is 0 Å². The van der Waals surface area contributed by atoms with Crippen LogP contribution in [0.4, 0.5) is 14.5 Å². The quantitative estimate of drug-likeness (QED) is 0.482. The Morgan fingerprint density at radius 3 is 2.57 bits per heavy atom. The molecule has 108 valence electrons. The number of halogens is 2. The van der Waals surface area contributed by atoms with E-state index >= 15 is 0 Å². The zero-order chi connectivity index (χ0) is 15.4. The zero-order valence-electron chi connectivity index (χ0n) is 10.6. The summed E-state index contributed by atoms with van der Waals surface area (Å²) in [6.07, 6.45) is 0. The van der Waals surface area contributed by atoms with Crippen molar-refractivity contribution in [3.05, 3.63) is 69.8 Å². The highest BCUT2D eigenvalue weighted by Crippen LogP contribution is 2.27. The normalized spacial score (nSPS) is 10.2. The van der Waals surface area contributed by atoms with Gasteiger partial charge in [0.2, 0.25) is 5.78 Å². The minimum absolute atomic E-state index is 0.178. The van der Waals surface area contributed by atoms with Gasteiger partial charge in [-0.25, -0.2) is 8.78 Å². The summed E-state index contributed by atoms with van der Waals surface area (Å²) in [4.78, 5) is 21.7. The number of carbonyl (C=O) groups excluding carboxylic acids is 1. The molecule has 2 rings (SSSR count). The van der Waals surface area contributed by atoms with Gasteiger partial charge in [-0.3, -0.25) is 14.9 Å². The third kappa shape index (κ3) is 3.38. The molecule has 0 spiro atoms. The second-order valence-corrected chi connectivity index (χ2v) is 4.06. The molecule has 21 heavy (non-hydrogen) atoms. The van der Waals surface area contributed by atoms with E-state index in [9.17, 15) is 23.7 Å². The number of benzene rings is 2. The van der Waals surface area contributed by atoms with Gasteiger partial charge in [-0.05, 0) is 24.3 Å². The van der Waals surface area contributed by atoms with Crippen molar-refractivity contribution in [2.75, 3.05) is 6.61 Å². The van der Waals surface area contributed by atoms with Crippen LogP contribution in [-0.4, -0.2) is 17.3 Å². The van der Waals surface area contributed by atoms with Crippen molar-refractivity contribution in [1.82, 2.24) is 0 Å². The second kappa shape index (κ2) is 6.08. The molecule has 0 fully saturated rings. The molecule has 0 heterocycles. The summed E-state index contributed by atoms with van der Waals surface area (Å²) in [5.74, 6) is -2.44. The molecule has 2 aromatic rings. The predicted molar refractivity (Wildman–Crippen MR) is 69.3 cm³/mol. The average molecular weight is 293 g/mol. The van der Waals surface area contributed by atoms with Crippen LogP contribution in [0.2, 0.25) is 0 Å². The predicted octanol–water partition coefficient (Wildman–Crippen LogP) is 3.13. The number of nitro groups is 1. The third-order valence-corrected chi connectivity index (χ3v) is 2.65. The molecule has 0 aromatic heterocycles. The van der Waals surface area contributed by atoms with Crippen molar-refractivity contribution >= 4 is 11.5 Å². The van der Waals surface area contributed by atoms with Gasteiger partial charge in [-0.2, -0.15) is 0 Å². The van der Waals surface area contributed by atoms with E-state index in [0.29, 0.717) is 6.07 Å². The number of hydrogen-bond donors (Lipinski definition) is 0. The summed E-state index contributed by atoms with van der Waals surface area (Å²) >= 11 is 0. The number of hydrogen-bond acceptors (Lipinski definition) is 4. The lowest BCUT2D eigenvalue weighted by Crippen LogP contribution is -2.13. The Labute approximate surface area is 117 Å². The first-order chi connectivity index (χ1) is 9.99. The van der Waals surface area contributed by atoms with E-state index in [1.54, 1.807) is 0 Å². The maximum absolute atomic E-state index is 13.4. The van der Waals surface area contributed by atoms with E-state index in [1.807, 2.05) is 0 Å². The van der Waals surface area contributed by atoms with E-state index in [0.717, 1.165) is 18.2 Å². The highest BCUT2D eigenvalue weighted by atomic mass is 19.1. The van der Waals surface area contributed by atoms with E-state index in [1.165, 1.54) is 18.2 Å². The Morgan fingerprint density at radius 2 is 1.90 bits per heavy atom. The van der Waals surface area contributed by atoms with Crippen LogP contribution in [0.15, 0.2) is 42.5 Å². The first-order valence-electron chi connectivity index (χ1n) is 5.83. The van der Waals surface area contributed by atoms with Crippen molar-refractivity contribution in [3.8, 4) is 5.75 Å². The van der Waals surface area contributed by atoms with Crippen molar-refractivity contribution in [2.24, 2.45) is 0 Å². The third-order valence-electron chi connectivity index (χ3n) is 2.65. The summed E-state index contributed by atoms with van der Waals surface area (Å²) in [6, 6.07) is 8.00. The Morgan fingerprint density at radius 1 is 1.19 bits per heavy atom. The van der Waals surface area contributed by atoms with Crippen molar-refractivity contribution in [1.29, 1.82) is 0 Å². The zero-order valence-corrected chi connectivity index (χ0v) is 10.6. The fourth-order valence-corrected chi connectivity index (χ4v) is 1.66. The molecular formula is C14H9F2NO4. The highest BCUT2D eigenvalue weighted by molar-refractivity contribution is 5.97. The van der Waals surface area contributed by atoms with Crippen LogP contribution in [0.25, 0.3) is 0 Å². The number of Topliss-reactive ketones (excluding diaryl/α,β-unsaturated/α-hetero) is 1. The van der Waals surface area contributed by atoms with Crippen molar-refractivity contribution in [2.45, 2.75) is 0 Å². The smallest absolute Gasteiger partial charge is 0.313 e. The minimum atomic E-state index is -0.827. The fraction of sp³-hybridized carbons (Fsp3) is 0.0714. The molecule has 0 unspecified atom stereocenters. The maximum Gasteiger partial charge on any atom is 0.313 e. The summed E-state index contributed by atoms with van der Waals surface area (Å²) in [5.41, 5.74) is -0.779. The number of ketones is 1. The highest BCUT2D eigenvalue weighted by Gasteiger charge is 2.18. The largest absolute Gasteiger partial charge is 0.478 e. The van der Waals surface area contributed by atoms with E-state index in [4.69, 9.17) is 4.74 Å². The number of nitro benzene ring substituents is 1. The minimum Gasteiger partial charge on any atom is -0.478 e. The number of nitrogens with zero attached hydrogens (tertiary/aromatic N) is 1. The maximum atomic E-state index is 13.4. The van der Waals surface area contributed by atoms with Crippen LogP contribution < -0.4 is 4.74 Å².